The lowest BCUT2D eigenvalue weighted by Crippen LogP contribution is -2.35. The predicted molar refractivity (Wildman–Crippen MR) is 119 cm³/mol. The van der Waals surface area contributed by atoms with E-state index >= 15 is 0 Å². The first kappa shape index (κ1) is 20.9. The van der Waals surface area contributed by atoms with E-state index in [0.29, 0.717) is 30.8 Å². The molecule has 0 aromatic heterocycles. The number of carbonyl (C=O) groups excluding carboxylic acids is 1. The molecule has 2 aliphatic heterocycles. The largest absolute Gasteiger partial charge is 0.337 e. The van der Waals surface area contributed by atoms with E-state index < -0.39 is 10.0 Å². The number of aryl methyl sites for hydroxylation is 1. The van der Waals surface area contributed by atoms with Crippen LogP contribution in [0.4, 0.5) is 5.69 Å². The van der Waals surface area contributed by atoms with Crippen LogP contribution in [0.15, 0.2) is 42.5 Å². The minimum Gasteiger partial charge on any atom is -0.337 e. The smallest absolute Gasteiger partial charge is 0.253 e. The van der Waals surface area contributed by atoms with Crippen molar-refractivity contribution in [2.45, 2.75) is 26.3 Å². The molecule has 0 radical (unpaired) electrons. The number of sulfonamides is 1. The maximum absolute atomic E-state index is 13.1. The molecule has 0 N–H and O–H groups in total. The first-order valence-electron chi connectivity index (χ1n) is 10.5. The van der Waals surface area contributed by atoms with Gasteiger partial charge in [-0.3, -0.25) is 14.0 Å². The molecule has 1 amide bonds. The third-order valence-electron chi connectivity index (χ3n) is 6.11. The van der Waals surface area contributed by atoms with Gasteiger partial charge in [-0.15, -0.1) is 0 Å². The van der Waals surface area contributed by atoms with Gasteiger partial charge in [0.25, 0.3) is 5.91 Å². The van der Waals surface area contributed by atoms with Crippen molar-refractivity contribution in [3.63, 3.8) is 0 Å². The summed E-state index contributed by atoms with van der Waals surface area (Å²) in [5, 5.41) is 0. The molecule has 0 aliphatic carbocycles. The molecule has 160 valence electrons. The fourth-order valence-electron chi connectivity index (χ4n) is 4.39. The van der Waals surface area contributed by atoms with Gasteiger partial charge in [0.15, 0.2) is 0 Å². The van der Waals surface area contributed by atoms with Crippen molar-refractivity contribution in [2.75, 3.05) is 43.3 Å². The van der Waals surface area contributed by atoms with E-state index in [4.69, 9.17) is 0 Å². The van der Waals surface area contributed by atoms with E-state index in [1.165, 1.54) is 21.7 Å². The highest BCUT2D eigenvalue weighted by atomic mass is 32.2. The van der Waals surface area contributed by atoms with Crippen LogP contribution in [0.3, 0.4) is 0 Å². The van der Waals surface area contributed by atoms with Crippen molar-refractivity contribution in [3.05, 3.63) is 64.7 Å². The highest BCUT2D eigenvalue weighted by Crippen LogP contribution is 2.31. The van der Waals surface area contributed by atoms with Crippen molar-refractivity contribution in [3.8, 4) is 0 Å². The second kappa shape index (κ2) is 8.40. The lowest BCUT2D eigenvalue weighted by molar-refractivity contribution is 0.0761. The van der Waals surface area contributed by atoms with Crippen LogP contribution in [-0.2, 0) is 23.0 Å². The van der Waals surface area contributed by atoms with E-state index in [9.17, 15) is 13.2 Å². The number of fused-ring (bicyclic) bond motifs is 1. The fraction of sp³-hybridized carbons (Fsp3) is 0.435. The van der Waals surface area contributed by atoms with Crippen LogP contribution in [0.1, 0.15) is 33.5 Å². The summed E-state index contributed by atoms with van der Waals surface area (Å²) in [7, 11) is -3.28. The molecule has 30 heavy (non-hydrogen) atoms. The fourth-order valence-corrected chi connectivity index (χ4v) is 5.35. The standard InChI is InChI=1S/C23H29N3O3S/c1-18-6-3-4-7-21(18)17-24-11-5-12-25(15-14-24)23(27)20-8-9-22-19(16-20)10-13-26(22)30(2,28)29/h3-4,6-9,16H,5,10-15,17H2,1-2H3. The molecule has 1 saturated heterocycles. The van der Waals surface area contributed by atoms with Crippen molar-refractivity contribution >= 4 is 21.6 Å². The van der Waals surface area contributed by atoms with E-state index in [1.54, 1.807) is 12.1 Å². The number of nitrogens with zero attached hydrogens (tertiary/aromatic N) is 3. The van der Waals surface area contributed by atoms with Gasteiger partial charge in [0.1, 0.15) is 0 Å². The van der Waals surface area contributed by atoms with Crippen LogP contribution in [0.2, 0.25) is 0 Å². The van der Waals surface area contributed by atoms with E-state index in [0.717, 1.165) is 38.2 Å². The Hall–Kier alpha value is -2.38. The molecule has 1 fully saturated rings. The Balaban J connectivity index is 1.43. The van der Waals surface area contributed by atoms with Gasteiger partial charge in [-0.05, 0) is 54.7 Å². The van der Waals surface area contributed by atoms with Gasteiger partial charge in [0.2, 0.25) is 10.0 Å². The number of hydrogen-bond donors (Lipinski definition) is 0. The van der Waals surface area contributed by atoms with Gasteiger partial charge in [-0.25, -0.2) is 8.42 Å². The maximum Gasteiger partial charge on any atom is 0.253 e. The van der Waals surface area contributed by atoms with Crippen LogP contribution in [0.5, 0.6) is 0 Å². The predicted octanol–water partition coefficient (Wildman–Crippen LogP) is 2.67. The number of hydrogen-bond acceptors (Lipinski definition) is 4. The normalized spacial score (nSPS) is 17.7. The topological polar surface area (TPSA) is 60.9 Å². The highest BCUT2D eigenvalue weighted by Gasteiger charge is 2.28. The van der Waals surface area contributed by atoms with E-state index in [2.05, 4.69) is 36.1 Å². The Morgan fingerprint density at radius 1 is 1.00 bits per heavy atom. The molecule has 0 atom stereocenters. The summed E-state index contributed by atoms with van der Waals surface area (Å²) < 4.78 is 25.3. The van der Waals surface area contributed by atoms with Gasteiger partial charge in [0.05, 0.1) is 11.9 Å². The van der Waals surface area contributed by atoms with Crippen molar-refractivity contribution in [1.29, 1.82) is 0 Å². The molecule has 2 heterocycles. The molecule has 0 bridgehead atoms. The molecule has 6 nitrogen and oxygen atoms in total. The van der Waals surface area contributed by atoms with Crippen LogP contribution in [0.25, 0.3) is 0 Å². The summed E-state index contributed by atoms with van der Waals surface area (Å²) in [5.74, 6) is 0.0355. The Morgan fingerprint density at radius 3 is 2.57 bits per heavy atom. The van der Waals surface area contributed by atoms with Crippen molar-refractivity contribution in [1.82, 2.24) is 9.80 Å². The third-order valence-corrected chi connectivity index (χ3v) is 7.29. The SMILES string of the molecule is Cc1ccccc1CN1CCCN(C(=O)c2ccc3c(c2)CCN3S(C)(=O)=O)CC1. The molecule has 0 unspecified atom stereocenters. The molecule has 0 spiro atoms. The first-order valence-corrected chi connectivity index (χ1v) is 12.3. The summed E-state index contributed by atoms with van der Waals surface area (Å²) >= 11 is 0. The summed E-state index contributed by atoms with van der Waals surface area (Å²) in [6, 6.07) is 13.9. The van der Waals surface area contributed by atoms with Crippen LogP contribution in [-0.4, -0.2) is 63.1 Å². The lowest BCUT2D eigenvalue weighted by Gasteiger charge is -2.23. The number of anilines is 1. The van der Waals surface area contributed by atoms with Gasteiger partial charge in [-0.2, -0.15) is 0 Å². The maximum atomic E-state index is 13.1. The Labute approximate surface area is 179 Å². The second-order valence-electron chi connectivity index (χ2n) is 8.28. The first-order chi connectivity index (χ1) is 14.3. The zero-order valence-corrected chi connectivity index (χ0v) is 18.5. The molecule has 2 aliphatic rings. The Bertz CT molecular complexity index is 1050. The molecule has 2 aromatic carbocycles. The zero-order chi connectivity index (χ0) is 21.3. The summed E-state index contributed by atoms with van der Waals surface area (Å²) in [6.45, 7) is 6.78. The van der Waals surface area contributed by atoms with Gasteiger partial charge in [0, 0.05) is 44.8 Å². The lowest BCUT2D eigenvalue weighted by atomic mass is 10.1. The number of amides is 1. The average Bonchev–Trinajstić information content (AvgIpc) is 3.01. The Morgan fingerprint density at radius 2 is 1.80 bits per heavy atom. The molecule has 7 heteroatoms. The van der Waals surface area contributed by atoms with Gasteiger partial charge in [-0.1, -0.05) is 24.3 Å². The minimum atomic E-state index is -3.28. The summed E-state index contributed by atoms with van der Waals surface area (Å²) in [6.07, 6.45) is 2.82. The van der Waals surface area contributed by atoms with E-state index in [1.807, 2.05) is 11.0 Å². The van der Waals surface area contributed by atoms with E-state index in [-0.39, 0.29) is 5.91 Å². The van der Waals surface area contributed by atoms with Crippen molar-refractivity contribution in [2.24, 2.45) is 0 Å². The number of benzene rings is 2. The number of carbonyl (C=O) groups is 1. The average molecular weight is 428 g/mol. The molecular formula is C23H29N3O3S. The van der Waals surface area contributed by atoms with Crippen molar-refractivity contribution < 1.29 is 13.2 Å². The number of rotatable bonds is 4. The molecular weight excluding hydrogens is 398 g/mol. The molecule has 4 rings (SSSR count). The summed E-state index contributed by atoms with van der Waals surface area (Å²) in [5.41, 5.74) is 4.93. The molecule has 0 saturated carbocycles. The summed E-state index contributed by atoms with van der Waals surface area (Å²) in [4.78, 5) is 17.5. The molecule has 2 aromatic rings. The van der Waals surface area contributed by atoms with Crippen LogP contribution >= 0.6 is 0 Å². The third kappa shape index (κ3) is 4.37. The second-order valence-corrected chi connectivity index (χ2v) is 10.2. The van der Waals surface area contributed by atoms with Gasteiger partial charge >= 0.3 is 0 Å². The zero-order valence-electron chi connectivity index (χ0n) is 17.7. The minimum absolute atomic E-state index is 0.0355. The quantitative estimate of drug-likeness (QED) is 0.753. The van der Waals surface area contributed by atoms with Crippen LogP contribution in [0, 0.1) is 6.92 Å². The Kier molecular flexibility index (Phi) is 5.84. The van der Waals surface area contributed by atoms with Crippen LogP contribution < -0.4 is 4.31 Å². The van der Waals surface area contributed by atoms with Gasteiger partial charge < -0.3 is 4.90 Å². The monoisotopic (exact) mass is 427 g/mol. The highest BCUT2D eigenvalue weighted by molar-refractivity contribution is 7.92.